The summed E-state index contributed by atoms with van der Waals surface area (Å²) in [4.78, 5) is 70.9. The summed E-state index contributed by atoms with van der Waals surface area (Å²) in [6, 6.07) is -0.691. The van der Waals surface area contributed by atoms with Gasteiger partial charge in [-0.2, -0.15) is 0 Å². The summed E-state index contributed by atoms with van der Waals surface area (Å²) in [5.74, 6) is -2.33. The molecule has 0 aromatic carbocycles. The summed E-state index contributed by atoms with van der Waals surface area (Å²) in [6.07, 6.45) is 9.96. The zero-order valence-corrected chi connectivity index (χ0v) is 33.1. The third-order valence-electron chi connectivity index (χ3n) is 13.0. The van der Waals surface area contributed by atoms with Crippen LogP contribution in [0.4, 0.5) is 0 Å². The first-order chi connectivity index (χ1) is 23.0. The van der Waals surface area contributed by atoms with Crippen molar-refractivity contribution in [2.45, 2.75) is 156 Å². The lowest BCUT2D eigenvalue weighted by Gasteiger charge is -2.40. The Balaban J connectivity index is 1.55. The molecule has 1 saturated heterocycles. The highest BCUT2D eigenvalue weighted by atomic mass is 32.2. The Kier molecular flexibility index (Phi) is 12.2. The predicted octanol–water partition coefficient (Wildman–Crippen LogP) is 7.51. The quantitative estimate of drug-likeness (QED) is 0.113. The van der Waals surface area contributed by atoms with Crippen molar-refractivity contribution in [3.8, 4) is 0 Å². The molecule has 282 valence electrons. The molecule has 1 amide bonds. The van der Waals surface area contributed by atoms with E-state index in [0.29, 0.717) is 38.1 Å². The van der Waals surface area contributed by atoms with Gasteiger partial charge in [0.05, 0.1) is 16.5 Å². The van der Waals surface area contributed by atoms with Gasteiger partial charge in [-0.25, -0.2) is 8.42 Å². The molecule has 1 aliphatic heterocycles. The summed E-state index contributed by atoms with van der Waals surface area (Å²) in [5.41, 5.74) is -1.33. The second kappa shape index (κ2) is 15.1. The largest absolute Gasteiger partial charge is 0.332 e. The third kappa shape index (κ3) is 8.89. The first kappa shape index (κ1) is 40.6. The van der Waals surface area contributed by atoms with Crippen molar-refractivity contribution < 1.29 is 32.4 Å². The average Bonchev–Trinajstić information content (AvgIpc) is 3.29. The Morgan fingerprint density at radius 3 is 2.06 bits per heavy atom. The lowest BCUT2D eigenvalue weighted by molar-refractivity contribution is -0.148. The van der Waals surface area contributed by atoms with Gasteiger partial charge in [-0.05, 0) is 80.5 Å². The van der Waals surface area contributed by atoms with Crippen molar-refractivity contribution in [3.63, 3.8) is 0 Å². The van der Waals surface area contributed by atoms with Crippen LogP contribution >= 0.6 is 0 Å². The van der Waals surface area contributed by atoms with Crippen LogP contribution in [0, 0.1) is 45.8 Å². The number of nitrogens with zero attached hydrogens (tertiary/aromatic N) is 1. The molecule has 0 N–H and O–H groups in total. The van der Waals surface area contributed by atoms with Gasteiger partial charge in [0.25, 0.3) is 0 Å². The molecule has 2 unspecified atom stereocenters. The van der Waals surface area contributed by atoms with Gasteiger partial charge in [0.2, 0.25) is 11.7 Å². The van der Waals surface area contributed by atoms with Crippen molar-refractivity contribution >= 4 is 38.9 Å². The van der Waals surface area contributed by atoms with E-state index in [4.69, 9.17) is 0 Å². The smallest absolute Gasteiger partial charge is 0.227 e. The van der Waals surface area contributed by atoms with Crippen LogP contribution in [0.1, 0.15) is 145 Å². The summed E-state index contributed by atoms with van der Waals surface area (Å²) in [7, 11) is -3.46. The molecule has 50 heavy (non-hydrogen) atoms. The fourth-order valence-electron chi connectivity index (χ4n) is 9.22. The van der Waals surface area contributed by atoms with Gasteiger partial charge in [0.1, 0.15) is 5.78 Å². The molecule has 3 saturated carbocycles. The first-order valence-electron chi connectivity index (χ1n) is 19.3. The standard InChI is InChI=1S/C41H65NO7S/c1-10-11-18-32(44)36(46)28(21-27-16-15-17-27)22-33(45)35-34-31(40(34,8)9)25-42(35)37(47)30(38(2,3)4)23-29(43)24-41(19-13-12-14-20-41)26-50(48,49)39(5,6)7/h10,27-28,30-31,34-35H,1,11-26H2,2-9H3/t28?,30-,31?,34+,35-/m1/s1. The van der Waals surface area contributed by atoms with Gasteiger partial charge < -0.3 is 4.90 Å². The van der Waals surface area contributed by atoms with Gasteiger partial charge in [-0.15, -0.1) is 6.58 Å². The van der Waals surface area contributed by atoms with Crippen molar-refractivity contribution in [1.29, 1.82) is 0 Å². The Hall–Kier alpha value is -2.16. The number of piperidine rings is 1. The maximum Gasteiger partial charge on any atom is 0.227 e. The number of allylic oxidation sites excluding steroid dienone is 1. The maximum absolute atomic E-state index is 14.6. The highest BCUT2D eigenvalue weighted by Crippen LogP contribution is 2.65. The Labute approximate surface area is 302 Å². The van der Waals surface area contributed by atoms with Crippen LogP contribution in [0.25, 0.3) is 0 Å². The van der Waals surface area contributed by atoms with E-state index in [9.17, 15) is 32.4 Å². The van der Waals surface area contributed by atoms with Crippen LogP contribution in [-0.4, -0.2) is 65.4 Å². The number of sulfone groups is 1. The molecule has 0 aromatic heterocycles. The lowest BCUT2D eigenvalue weighted by atomic mass is 9.70. The van der Waals surface area contributed by atoms with E-state index in [1.165, 1.54) is 0 Å². The summed E-state index contributed by atoms with van der Waals surface area (Å²) >= 11 is 0. The van der Waals surface area contributed by atoms with Crippen LogP contribution in [-0.2, 0) is 33.8 Å². The van der Waals surface area contributed by atoms with E-state index in [1.54, 1.807) is 31.7 Å². The maximum atomic E-state index is 14.6. The topological polar surface area (TPSA) is 123 Å². The van der Waals surface area contributed by atoms with E-state index in [-0.39, 0.29) is 66.2 Å². The number of carbonyl (C=O) groups is 5. The second-order valence-corrected chi connectivity index (χ2v) is 21.9. The summed E-state index contributed by atoms with van der Waals surface area (Å²) in [5, 5.41) is 0. The molecule has 3 aliphatic carbocycles. The van der Waals surface area contributed by atoms with Gasteiger partial charge >= 0.3 is 0 Å². The predicted molar refractivity (Wildman–Crippen MR) is 197 cm³/mol. The van der Waals surface area contributed by atoms with E-state index >= 15 is 0 Å². The molecule has 4 aliphatic rings. The molecule has 1 heterocycles. The zero-order valence-electron chi connectivity index (χ0n) is 32.3. The number of hydrogen-bond acceptors (Lipinski definition) is 7. The average molecular weight is 716 g/mol. The third-order valence-corrected chi connectivity index (χ3v) is 15.9. The molecule has 0 bridgehead atoms. The van der Waals surface area contributed by atoms with Crippen LogP contribution in [0.3, 0.4) is 0 Å². The molecule has 8 nitrogen and oxygen atoms in total. The monoisotopic (exact) mass is 715 g/mol. The minimum Gasteiger partial charge on any atom is -0.332 e. The van der Waals surface area contributed by atoms with Crippen LogP contribution in [0.15, 0.2) is 12.7 Å². The number of amides is 1. The Morgan fingerprint density at radius 1 is 0.920 bits per heavy atom. The second-order valence-electron chi connectivity index (χ2n) is 19.2. The van der Waals surface area contributed by atoms with Crippen molar-refractivity contribution in [2.24, 2.45) is 45.8 Å². The van der Waals surface area contributed by atoms with Gasteiger partial charge in [0, 0.05) is 44.1 Å². The van der Waals surface area contributed by atoms with E-state index in [1.807, 2.05) is 20.8 Å². The highest BCUT2D eigenvalue weighted by Gasteiger charge is 2.69. The summed E-state index contributed by atoms with van der Waals surface area (Å²) in [6.45, 7) is 19.3. The van der Waals surface area contributed by atoms with E-state index in [0.717, 1.165) is 38.5 Å². The van der Waals surface area contributed by atoms with Crippen LogP contribution in [0.2, 0.25) is 0 Å². The molecule has 4 rings (SSSR count). The highest BCUT2D eigenvalue weighted by molar-refractivity contribution is 7.92. The number of carbonyl (C=O) groups excluding carboxylic acids is 5. The molecule has 0 radical (unpaired) electrons. The minimum absolute atomic E-state index is 0.00359. The summed E-state index contributed by atoms with van der Waals surface area (Å²) < 4.78 is 25.9. The normalized spacial score (nSPS) is 25.9. The van der Waals surface area contributed by atoms with Gasteiger partial charge in [-0.1, -0.05) is 79.2 Å². The molecular weight excluding hydrogens is 651 g/mol. The fraction of sp³-hybridized carbons (Fsp3) is 0.829. The Bertz CT molecular complexity index is 1440. The number of ketones is 4. The van der Waals surface area contributed by atoms with Gasteiger partial charge in [-0.3, -0.25) is 24.0 Å². The number of likely N-dealkylation sites (tertiary alicyclic amines) is 1. The lowest BCUT2D eigenvalue weighted by Crippen LogP contribution is -2.51. The number of rotatable bonds is 17. The number of Topliss-reactive ketones (excluding diaryl/α,β-unsaturated/α-hetero) is 4. The van der Waals surface area contributed by atoms with Crippen molar-refractivity contribution in [2.75, 3.05) is 12.3 Å². The molecular formula is C41H65NO7S. The fourth-order valence-corrected chi connectivity index (χ4v) is 10.8. The van der Waals surface area contributed by atoms with Crippen LogP contribution in [0.5, 0.6) is 0 Å². The first-order valence-corrected chi connectivity index (χ1v) is 20.9. The van der Waals surface area contributed by atoms with Crippen molar-refractivity contribution in [3.05, 3.63) is 12.7 Å². The zero-order chi connectivity index (χ0) is 37.4. The van der Waals surface area contributed by atoms with Crippen molar-refractivity contribution in [1.82, 2.24) is 4.90 Å². The number of hydrogen-bond donors (Lipinski definition) is 0. The van der Waals surface area contributed by atoms with E-state index in [2.05, 4.69) is 20.4 Å². The van der Waals surface area contributed by atoms with Crippen LogP contribution < -0.4 is 0 Å². The molecule has 0 spiro atoms. The molecule has 0 aromatic rings. The number of fused-ring (bicyclic) bond motifs is 1. The van der Waals surface area contributed by atoms with Gasteiger partial charge in [0.15, 0.2) is 21.4 Å². The van der Waals surface area contributed by atoms with E-state index < -0.39 is 54.9 Å². The minimum atomic E-state index is -3.46. The Morgan fingerprint density at radius 2 is 1.54 bits per heavy atom. The molecule has 4 fully saturated rings. The molecule has 5 atom stereocenters. The molecule has 9 heteroatoms. The SMILES string of the molecule is C=CCCC(=O)C(=O)C(CC(=O)[C@@H]1[C@@H]2C(CN1C(=O)[C@@H](CC(=O)CC1(CS(=O)(=O)C(C)(C)C)CCCCC1)C(C)(C)C)C2(C)C)CC1CCC1.